The molecule has 2 N–H and O–H groups in total. The van der Waals surface area contributed by atoms with Crippen molar-refractivity contribution in [2.75, 3.05) is 25.7 Å². The van der Waals surface area contributed by atoms with Crippen LogP contribution in [0, 0.1) is 6.92 Å². The standard InChI is InChI=1S/C24H23N3O3S/c1-16-5-7-17(8-6-16)20(27-26-18-9-11-19(29-2)12-10-18)15-30-21-14-25-24(28)23(21)22-4-3-13-31-22/h3-13,26H,14-15H2,1-2H3,(H,25,28). The molecule has 0 saturated heterocycles. The molecule has 0 radical (unpaired) electrons. The first kappa shape index (κ1) is 20.7. The molecule has 2 aromatic carbocycles. The van der Waals surface area contributed by atoms with Crippen LogP contribution in [-0.4, -0.2) is 31.9 Å². The van der Waals surface area contributed by atoms with E-state index in [4.69, 9.17) is 9.47 Å². The number of anilines is 1. The van der Waals surface area contributed by atoms with Crippen LogP contribution in [0.25, 0.3) is 5.57 Å². The Kier molecular flexibility index (Phi) is 6.33. The van der Waals surface area contributed by atoms with Crippen molar-refractivity contribution in [3.8, 4) is 5.75 Å². The molecular formula is C24H23N3O3S. The molecule has 6 nitrogen and oxygen atoms in total. The highest BCUT2D eigenvalue weighted by molar-refractivity contribution is 7.11. The van der Waals surface area contributed by atoms with Crippen molar-refractivity contribution in [3.63, 3.8) is 0 Å². The predicted molar refractivity (Wildman–Crippen MR) is 125 cm³/mol. The van der Waals surface area contributed by atoms with Gasteiger partial charge in [-0.2, -0.15) is 5.10 Å². The highest BCUT2D eigenvalue weighted by Gasteiger charge is 2.26. The van der Waals surface area contributed by atoms with Crippen LogP contribution in [0.15, 0.2) is 76.9 Å². The van der Waals surface area contributed by atoms with Gasteiger partial charge in [0, 0.05) is 10.4 Å². The summed E-state index contributed by atoms with van der Waals surface area (Å²) in [5.74, 6) is 1.31. The lowest BCUT2D eigenvalue weighted by atomic mass is 10.1. The lowest BCUT2D eigenvalue weighted by molar-refractivity contribution is -0.114. The second-order valence-electron chi connectivity index (χ2n) is 7.01. The summed E-state index contributed by atoms with van der Waals surface area (Å²) in [5.41, 5.74) is 7.36. The van der Waals surface area contributed by atoms with Crippen molar-refractivity contribution in [2.45, 2.75) is 6.92 Å². The van der Waals surface area contributed by atoms with E-state index < -0.39 is 0 Å². The first-order valence-corrected chi connectivity index (χ1v) is 10.7. The first-order valence-electron chi connectivity index (χ1n) is 9.86. The Morgan fingerprint density at radius 3 is 2.58 bits per heavy atom. The number of carbonyl (C=O) groups excluding carboxylic acids is 1. The molecule has 0 fully saturated rings. The fraction of sp³-hybridized carbons (Fsp3) is 0.167. The van der Waals surface area contributed by atoms with E-state index in [1.807, 2.05) is 73.0 Å². The van der Waals surface area contributed by atoms with Gasteiger partial charge in [-0.15, -0.1) is 11.3 Å². The average Bonchev–Trinajstić information content (AvgIpc) is 3.44. The van der Waals surface area contributed by atoms with E-state index in [0.29, 0.717) is 17.9 Å². The molecule has 1 aliphatic rings. The number of nitrogens with one attached hydrogen (secondary N) is 2. The number of benzene rings is 2. The van der Waals surface area contributed by atoms with Crippen LogP contribution in [0.4, 0.5) is 5.69 Å². The quantitative estimate of drug-likeness (QED) is 0.407. The Bertz CT molecular complexity index is 1100. The van der Waals surface area contributed by atoms with Gasteiger partial charge in [-0.05, 0) is 42.6 Å². The molecule has 7 heteroatoms. The summed E-state index contributed by atoms with van der Waals surface area (Å²) in [4.78, 5) is 13.2. The van der Waals surface area contributed by atoms with Gasteiger partial charge in [0.1, 0.15) is 23.8 Å². The maximum absolute atomic E-state index is 12.3. The summed E-state index contributed by atoms with van der Waals surface area (Å²) in [6.45, 7) is 2.64. The van der Waals surface area contributed by atoms with Crippen LogP contribution >= 0.6 is 11.3 Å². The molecule has 0 saturated carbocycles. The number of methoxy groups -OCH3 is 1. The minimum absolute atomic E-state index is 0.109. The molecule has 0 spiro atoms. The lowest BCUT2D eigenvalue weighted by Gasteiger charge is -2.12. The largest absolute Gasteiger partial charge is 0.497 e. The Labute approximate surface area is 185 Å². The van der Waals surface area contributed by atoms with E-state index in [2.05, 4.69) is 15.8 Å². The number of hydrogen-bond acceptors (Lipinski definition) is 6. The zero-order valence-electron chi connectivity index (χ0n) is 17.3. The number of hydrazone groups is 1. The normalized spacial score (nSPS) is 13.9. The summed E-state index contributed by atoms with van der Waals surface area (Å²) in [6, 6.07) is 19.5. The number of thiophene rings is 1. The number of carbonyl (C=O) groups is 1. The highest BCUT2D eigenvalue weighted by atomic mass is 32.1. The zero-order chi connectivity index (χ0) is 21.6. The second kappa shape index (κ2) is 9.49. The number of rotatable bonds is 8. The van der Waals surface area contributed by atoms with Crippen LogP contribution in [0.5, 0.6) is 5.75 Å². The number of aryl methyl sites for hydroxylation is 1. The smallest absolute Gasteiger partial charge is 0.256 e. The predicted octanol–water partition coefficient (Wildman–Crippen LogP) is 4.44. The van der Waals surface area contributed by atoms with E-state index in [9.17, 15) is 4.79 Å². The van der Waals surface area contributed by atoms with Gasteiger partial charge in [-0.25, -0.2) is 0 Å². The Hall–Kier alpha value is -3.58. The summed E-state index contributed by atoms with van der Waals surface area (Å²) in [6.07, 6.45) is 0. The maximum Gasteiger partial charge on any atom is 0.256 e. The van der Waals surface area contributed by atoms with E-state index in [1.54, 1.807) is 7.11 Å². The van der Waals surface area contributed by atoms with Gasteiger partial charge in [-0.3, -0.25) is 10.2 Å². The first-order chi connectivity index (χ1) is 15.1. The third kappa shape index (κ3) is 4.95. The number of amides is 1. The van der Waals surface area contributed by atoms with Crippen molar-refractivity contribution >= 4 is 34.2 Å². The van der Waals surface area contributed by atoms with Gasteiger partial charge in [0.2, 0.25) is 0 Å². The average molecular weight is 434 g/mol. The number of hydrogen-bond donors (Lipinski definition) is 2. The van der Waals surface area contributed by atoms with Crippen LogP contribution in [0.2, 0.25) is 0 Å². The summed E-state index contributed by atoms with van der Waals surface area (Å²) < 4.78 is 11.3. The van der Waals surface area contributed by atoms with E-state index in [1.165, 1.54) is 16.9 Å². The van der Waals surface area contributed by atoms with Crippen LogP contribution in [-0.2, 0) is 9.53 Å². The van der Waals surface area contributed by atoms with Crippen LogP contribution < -0.4 is 15.5 Å². The molecule has 1 aliphatic heterocycles. The van der Waals surface area contributed by atoms with Crippen molar-refractivity contribution in [3.05, 3.63) is 87.8 Å². The van der Waals surface area contributed by atoms with E-state index in [-0.39, 0.29) is 12.5 Å². The molecule has 158 valence electrons. The van der Waals surface area contributed by atoms with Crippen molar-refractivity contribution in [1.29, 1.82) is 0 Å². The molecule has 1 aromatic heterocycles. The summed E-state index contributed by atoms with van der Waals surface area (Å²) in [7, 11) is 1.63. The van der Waals surface area contributed by atoms with E-state index in [0.717, 1.165) is 27.6 Å². The van der Waals surface area contributed by atoms with Crippen molar-refractivity contribution in [2.24, 2.45) is 5.10 Å². The van der Waals surface area contributed by atoms with Crippen LogP contribution in [0.3, 0.4) is 0 Å². The van der Waals surface area contributed by atoms with Gasteiger partial charge in [0.05, 0.1) is 24.9 Å². The number of ether oxygens (including phenoxy) is 2. The molecule has 4 rings (SSSR count). The summed E-state index contributed by atoms with van der Waals surface area (Å²) in [5, 5.41) is 9.39. The maximum atomic E-state index is 12.3. The molecule has 2 heterocycles. The minimum Gasteiger partial charge on any atom is -0.497 e. The Morgan fingerprint density at radius 1 is 1.13 bits per heavy atom. The molecule has 0 atom stereocenters. The monoisotopic (exact) mass is 433 g/mol. The second-order valence-corrected chi connectivity index (χ2v) is 7.96. The van der Waals surface area contributed by atoms with Gasteiger partial charge >= 0.3 is 0 Å². The minimum atomic E-state index is -0.109. The molecular weight excluding hydrogens is 410 g/mol. The molecule has 31 heavy (non-hydrogen) atoms. The fourth-order valence-corrected chi connectivity index (χ4v) is 3.92. The van der Waals surface area contributed by atoms with Crippen molar-refractivity contribution in [1.82, 2.24) is 5.32 Å². The molecule has 0 unspecified atom stereocenters. The third-order valence-electron chi connectivity index (χ3n) is 4.86. The van der Waals surface area contributed by atoms with Crippen molar-refractivity contribution < 1.29 is 14.3 Å². The fourth-order valence-electron chi connectivity index (χ4n) is 3.14. The Morgan fingerprint density at radius 2 is 1.90 bits per heavy atom. The van der Waals surface area contributed by atoms with Gasteiger partial charge in [-0.1, -0.05) is 35.9 Å². The Balaban J connectivity index is 1.57. The topological polar surface area (TPSA) is 71.9 Å². The molecule has 0 bridgehead atoms. The van der Waals surface area contributed by atoms with Gasteiger partial charge in [0.25, 0.3) is 5.91 Å². The SMILES string of the molecule is COc1ccc(NN=C(COC2=C(c3cccs3)C(=O)NC2)c2ccc(C)cc2)cc1. The molecule has 3 aromatic rings. The third-order valence-corrected chi connectivity index (χ3v) is 5.75. The molecule has 0 aliphatic carbocycles. The van der Waals surface area contributed by atoms with Crippen LogP contribution in [0.1, 0.15) is 16.0 Å². The zero-order valence-corrected chi connectivity index (χ0v) is 18.2. The summed E-state index contributed by atoms with van der Waals surface area (Å²) >= 11 is 1.52. The lowest BCUT2D eigenvalue weighted by Crippen LogP contribution is -2.18. The number of nitrogens with zero attached hydrogens (tertiary/aromatic N) is 1. The highest BCUT2D eigenvalue weighted by Crippen LogP contribution is 2.27. The van der Waals surface area contributed by atoms with E-state index >= 15 is 0 Å². The van der Waals surface area contributed by atoms with Gasteiger partial charge in [0.15, 0.2) is 0 Å². The van der Waals surface area contributed by atoms with Gasteiger partial charge < -0.3 is 14.8 Å². The molecule has 1 amide bonds.